The normalized spacial score (nSPS) is 12.0. The lowest BCUT2D eigenvalue weighted by molar-refractivity contribution is -0.139. The summed E-state index contributed by atoms with van der Waals surface area (Å²) in [6, 6.07) is 17.8. The zero-order valence-electron chi connectivity index (χ0n) is 19.5. The molecule has 3 aromatic carbocycles. The van der Waals surface area contributed by atoms with E-state index in [0.717, 1.165) is 4.31 Å². The van der Waals surface area contributed by atoms with Gasteiger partial charge < -0.3 is 10.2 Å². The summed E-state index contributed by atoms with van der Waals surface area (Å²) in [5.74, 6) is -1.02. The van der Waals surface area contributed by atoms with Crippen LogP contribution in [0.5, 0.6) is 0 Å². The highest BCUT2D eigenvalue weighted by Gasteiger charge is 2.32. The van der Waals surface area contributed by atoms with Crippen LogP contribution in [-0.4, -0.2) is 44.8 Å². The highest BCUT2D eigenvalue weighted by Crippen LogP contribution is 2.27. The molecular weight excluding hydrogens is 545 g/mol. The number of para-hydroxylation sites is 1. The average molecular weight is 569 g/mol. The lowest BCUT2D eigenvalue weighted by atomic mass is 10.1. The molecular formula is C25H24Cl3N3O4S. The van der Waals surface area contributed by atoms with E-state index in [1.165, 1.54) is 42.3 Å². The number of benzene rings is 3. The van der Waals surface area contributed by atoms with Crippen LogP contribution in [-0.2, 0) is 26.2 Å². The fourth-order valence-corrected chi connectivity index (χ4v) is 5.49. The lowest BCUT2D eigenvalue weighted by Crippen LogP contribution is -2.50. The Morgan fingerprint density at radius 3 is 2.11 bits per heavy atom. The molecule has 0 aliphatic heterocycles. The molecule has 11 heteroatoms. The molecule has 3 rings (SSSR count). The van der Waals surface area contributed by atoms with Crippen molar-refractivity contribution in [1.82, 2.24) is 10.2 Å². The van der Waals surface area contributed by atoms with Crippen molar-refractivity contribution in [2.45, 2.75) is 24.4 Å². The largest absolute Gasteiger partial charge is 0.357 e. The minimum absolute atomic E-state index is 0.0322. The Hall–Kier alpha value is -2.78. The molecule has 0 bridgehead atoms. The topological polar surface area (TPSA) is 86.8 Å². The molecule has 0 saturated heterocycles. The number of amides is 2. The predicted molar refractivity (Wildman–Crippen MR) is 143 cm³/mol. The van der Waals surface area contributed by atoms with Crippen LogP contribution >= 0.6 is 34.8 Å². The van der Waals surface area contributed by atoms with Gasteiger partial charge in [-0.25, -0.2) is 8.42 Å². The van der Waals surface area contributed by atoms with Crippen molar-refractivity contribution in [3.63, 3.8) is 0 Å². The SMILES string of the molecule is CNC(=O)C(C)N(Cc1ccc(Cl)cc1Cl)C(=O)CN(c1ccccc1)S(=O)(=O)c1ccc(Cl)cc1. The van der Waals surface area contributed by atoms with Gasteiger partial charge in [0.15, 0.2) is 0 Å². The zero-order valence-corrected chi connectivity index (χ0v) is 22.6. The van der Waals surface area contributed by atoms with E-state index in [1.54, 1.807) is 49.4 Å². The summed E-state index contributed by atoms with van der Waals surface area (Å²) < 4.78 is 28.2. The first kappa shape index (κ1) is 27.8. The fraction of sp³-hybridized carbons (Fsp3) is 0.200. The van der Waals surface area contributed by atoms with Gasteiger partial charge in [-0.1, -0.05) is 59.1 Å². The van der Waals surface area contributed by atoms with E-state index < -0.39 is 34.4 Å². The predicted octanol–water partition coefficient (Wildman–Crippen LogP) is 5.01. The van der Waals surface area contributed by atoms with Gasteiger partial charge in [0, 0.05) is 28.7 Å². The molecule has 0 spiro atoms. The molecule has 0 heterocycles. The molecule has 0 fully saturated rings. The Labute approximate surface area is 225 Å². The van der Waals surface area contributed by atoms with E-state index in [9.17, 15) is 18.0 Å². The van der Waals surface area contributed by atoms with Crippen LogP contribution in [0.4, 0.5) is 5.69 Å². The van der Waals surface area contributed by atoms with Crippen molar-refractivity contribution in [2.24, 2.45) is 0 Å². The average Bonchev–Trinajstić information content (AvgIpc) is 2.86. The second kappa shape index (κ2) is 12.0. The monoisotopic (exact) mass is 567 g/mol. The Bertz CT molecular complexity index is 1340. The Morgan fingerprint density at radius 1 is 0.917 bits per heavy atom. The third-order valence-electron chi connectivity index (χ3n) is 5.49. The quantitative estimate of drug-likeness (QED) is 0.393. The zero-order chi connectivity index (χ0) is 26.5. The summed E-state index contributed by atoms with van der Waals surface area (Å²) in [4.78, 5) is 27.4. The Balaban J connectivity index is 2.02. The smallest absolute Gasteiger partial charge is 0.264 e. The lowest BCUT2D eigenvalue weighted by Gasteiger charge is -2.32. The summed E-state index contributed by atoms with van der Waals surface area (Å²) in [5, 5.41) is 3.64. The van der Waals surface area contributed by atoms with Crippen molar-refractivity contribution >= 4 is 62.3 Å². The second-order valence-corrected chi connectivity index (χ2v) is 11.0. The van der Waals surface area contributed by atoms with Crippen LogP contribution in [0.3, 0.4) is 0 Å². The van der Waals surface area contributed by atoms with Gasteiger partial charge in [0.1, 0.15) is 12.6 Å². The van der Waals surface area contributed by atoms with E-state index in [-0.39, 0.29) is 17.1 Å². The van der Waals surface area contributed by atoms with Crippen LogP contribution in [0.25, 0.3) is 0 Å². The van der Waals surface area contributed by atoms with E-state index in [0.29, 0.717) is 20.6 Å². The number of hydrogen-bond donors (Lipinski definition) is 1. The first-order chi connectivity index (χ1) is 17.0. The minimum atomic E-state index is -4.15. The molecule has 2 amide bonds. The summed E-state index contributed by atoms with van der Waals surface area (Å²) in [6.45, 7) is 0.968. The molecule has 7 nitrogen and oxygen atoms in total. The van der Waals surface area contributed by atoms with Crippen molar-refractivity contribution < 1.29 is 18.0 Å². The highest BCUT2D eigenvalue weighted by molar-refractivity contribution is 7.92. The van der Waals surface area contributed by atoms with Gasteiger partial charge in [-0.3, -0.25) is 13.9 Å². The van der Waals surface area contributed by atoms with Crippen LogP contribution in [0.15, 0.2) is 77.7 Å². The van der Waals surface area contributed by atoms with Gasteiger partial charge in [0.25, 0.3) is 10.0 Å². The van der Waals surface area contributed by atoms with Crippen molar-refractivity contribution in [3.05, 3.63) is 93.4 Å². The van der Waals surface area contributed by atoms with E-state index >= 15 is 0 Å². The highest BCUT2D eigenvalue weighted by atomic mass is 35.5. The number of halogens is 3. The van der Waals surface area contributed by atoms with Crippen molar-refractivity contribution in [1.29, 1.82) is 0 Å². The second-order valence-electron chi connectivity index (χ2n) is 7.85. The molecule has 1 N–H and O–H groups in total. The van der Waals surface area contributed by atoms with Gasteiger partial charge in [-0.05, 0) is 61.0 Å². The molecule has 1 unspecified atom stereocenters. The molecule has 3 aromatic rings. The van der Waals surface area contributed by atoms with Crippen LogP contribution in [0.1, 0.15) is 12.5 Å². The van der Waals surface area contributed by atoms with Crippen LogP contribution < -0.4 is 9.62 Å². The molecule has 0 aromatic heterocycles. The van der Waals surface area contributed by atoms with Gasteiger partial charge >= 0.3 is 0 Å². The maximum atomic E-state index is 13.7. The molecule has 190 valence electrons. The molecule has 36 heavy (non-hydrogen) atoms. The number of carbonyl (C=O) groups excluding carboxylic acids is 2. The number of nitrogens with zero attached hydrogens (tertiary/aromatic N) is 2. The Kier molecular flexibility index (Phi) is 9.24. The number of rotatable bonds is 9. The van der Waals surface area contributed by atoms with Crippen LogP contribution in [0, 0.1) is 0 Å². The van der Waals surface area contributed by atoms with Crippen molar-refractivity contribution in [3.8, 4) is 0 Å². The third kappa shape index (κ3) is 6.50. The first-order valence-electron chi connectivity index (χ1n) is 10.8. The van der Waals surface area contributed by atoms with Gasteiger partial charge in [0.05, 0.1) is 10.6 Å². The van der Waals surface area contributed by atoms with Gasteiger partial charge in [-0.15, -0.1) is 0 Å². The van der Waals surface area contributed by atoms with Gasteiger partial charge in [-0.2, -0.15) is 0 Å². The third-order valence-corrected chi connectivity index (χ3v) is 8.12. The van der Waals surface area contributed by atoms with Crippen molar-refractivity contribution in [2.75, 3.05) is 17.9 Å². The maximum absolute atomic E-state index is 13.7. The minimum Gasteiger partial charge on any atom is -0.357 e. The number of anilines is 1. The van der Waals surface area contributed by atoms with Gasteiger partial charge in [0.2, 0.25) is 11.8 Å². The summed E-state index contributed by atoms with van der Waals surface area (Å²) >= 11 is 18.3. The molecule has 0 aliphatic carbocycles. The first-order valence-corrected chi connectivity index (χ1v) is 13.4. The molecule has 1 atom stereocenters. The van der Waals surface area contributed by atoms with E-state index in [2.05, 4.69) is 5.32 Å². The number of carbonyl (C=O) groups is 2. The molecule has 0 radical (unpaired) electrons. The Morgan fingerprint density at radius 2 is 1.53 bits per heavy atom. The summed E-state index contributed by atoms with van der Waals surface area (Å²) in [7, 11) is -2.70. The summed E-state index contributed by atoms with van der Waals surface area (Å²) in [5.41, 5.74) is 0.842. The maximum Gasteiger partial charge on any atom is 0.264 e. The fourth-order valence-electron chi connectivity index (χ4n) is 3.48. The summed E-state index contributed by atoms with van der Waals surface area (Å²) in [6.07, 6.45) is 0. The number of likely N-dealkylation sites (N-methyl/N-ethyl adjacent to an activating group) is 1. The standard InChI is InChI=1S/C25H24Cl3N3O4S/c1-17(25(33)29-2)30(15-18-8-9-20(27)14-23(18)28)24(32)16-31(21-6-4-3-5-7-21)36(34,35)22-12-10-19(26)11-13-22/h3-14,17H,15-16H2,1-2H3,(H,29,33). The number of hydrogen-bond acceptors (Lipinski definition) is 4. The molecule has 0 saturated carbocycles. The number of nitrogens with one attached hydrogen (secondary N) is 1. The number of sulfonamides is 1. The van der Waals surface area contributed by atoms with Crippen LogP contribution in [0.2, 0.25) is 15.1 Å². The van der Waals surface area contributed by atoms with E-state index in [4.69, 9.17) is 34.8 Å². The van der Waals surface area contributed by atoms with E-state index in [1.807, 2.05) is 0 Å². The molecule has 0 aliphatic rings.